The number of urea groups is 1. The van der Waals surface area contributed by atoms with Crippen LogP contribution in [0.2, 0.25) is 0 Å². The number of rotatable bonds is 3. The van der Waals surface area contributed by atoms with Crippen molar-refractivity contribution in [2.45, 2.75) is 38.1 Å². The van der Waals surface area contributed by atoms with Gasteiger partial charge in [-0.25, -0.2) is 9.59 Å². The highest BCUT2D eigenvalue weighted by Crippen LogP contribution is 2.30. The molecule has 2 rings (SSSR count). The summed E-state index contributed by atoms with van der Waals surface area (Å²) in [6.07, 6.45) is 4.22. The Balaban J connectivity index is 2.05. The lowest BCUT2D eigenvalue weighted by atomic mass is 9.98. The second kappa shape index (κ2) is 5.26. The van der Waals surface area contributed by atoms with Crippen molar-refractivity contribution in [1.82, 2.24) is 10.3 Å². The van der Waals surface area contributed by atoms with E-state index >= 15 is 0 Å². The third-order valence-corrected chi connectivity index (χ3v) is 3.47. The molecule has 1 aliphatic rings. The van der Waals surface area contributed by atoms with Crippen LogP contribution in [-0.4, -0.2) is 27.6 Å². The van der Waals surface area contributed by atoms with E-state index in [-0.39, 0.29) is 0 Å². The number of pyridine rings is 1. The van der Waals surface area contributed by atoms with E-state index in [0.717, 1.165) is 12.8 Å². The lowest BCUT2D eigenvalue weighted by Crippen LogP contribution is -2.53. The molecule has 0 spiro atoms. The SMILES string of the molecule is Cc1ncccc1NC(=O)NC1(C(=O)O)CCCC1. The minimum atomic E-state index is -1.12. The summed E-state index contributed by atoms with van der Waals surface area (Å²) in [6.45, 7) is 1.78. The Kier molecular flexibility index (Phi) is 3.69. The van der Waals surface area contributed by atoms with Crippen LogP contribution < -0.4 is 10.6 Å². The molecule has 1 aromatic rings. The van der Waals surface area contributed by atoms with Gasteiger partial charge in [0.25, 0.3) is 0 Å². The quantitative estimate of drug-likeness (QED) is 0.776. The predicted octanol–water partition coefficient (Wildman–Crippen LogP) is 1.91. The van der Waals surface area contributed by atoms with Crippen LogP contribution in [0.3, 0.4) is 0 Å². The normalized spacial score (nSPS) is 16.9. The van der Waals surface area contributed by atoms with Gasteiger partial charge in [-0.05, 0) is 31.9 Å². The van der Waals surface area contributed by atoms with E-state index < -0.39 is 17.5 Å². The topological polar surface area (TPSA) is 91.3 Å². The maximum absolute atomic E-state index is 11.9. The van der Waals surface area contributed by atoms with Gasteiger partial charge in [-0.1, -0.05) is 12.8 Å². The van der Waals surface area contributed by atoms with E-state index in [4.69, 9.17) is 0 Å². The van der Waals surface area contributed by atoms with Gasteiger partial charge in [-0.15, -0.1) is 0 Å². The molecule has 1 aliphatic carbocycles. The molecule has 1 fully saturated rings. The fourth-order valence-electron chi connectivity index (χ4n) is 2.36. The number of aliphatic carboxylic acids is 1. The van der Waals surface area contributed by atoms with E-state index in [1.54, 1.807) is 25.3 Å². The van der Waals surface area contributed by atoms with Crippen molar-refractivity contribution >= 4 is 17.7 Å². The molecule has 0 saturated heterocycles. The number of hydrogen-bond donors (Lipinski definition) is 3. The van der Waals surface area contributed by atoms with Gasteiger partial charge >= 0.3 is 12.0 Å². The van der Waals surface area contributed by atoms with E-state index in [1.807, 2.05) is 0 Å². The first-order chi connectivity index (χ1) is 9.03. The number of nitrogens with zero attached hydrogens (tertiary/aromatic N) is 1. The number of carboxylic acids is 1. The van der Waals surface area contributed by atoms with Crippen molar-refractivity contribution in [3.8, 4) is 0 Å². The highest BCUT2D eigenvalue weighted by Gasteiger charge is 2.42. The minimum absolute atomic E-state index is 0.474. The molecule has 1 aromatic heterocycles. The highest BCUT2D eigenvalue weighted by molar-refractivity contribution is 5.94. The molecular weight excluding hydrogens is 246 g/mol. The molecule has 0 atom stereocenters. The Labute approximate surface area is 111 Å². The summed E-state index contributed by atoms with van der Waals surface area (Å²) in [5.74, 6) is -0.969. The van der Waals surface area contributed by atoms with Gasteiger partial charge < -0.3 is 15.7 Å². The number of amides is 2. The van der Waals surface area contributed by atoms with E-state index in [9.17, 15) is 14.7 Å². The number of carbonyl (C=O) groups excluding carboxylic acids is 1. The van der Waals surface area contributed by atoms with Crippen molar-refractivity contribution in [3.05, 3.63) is 24.0 Å². The monoisotopic (exact) mass is 263 g/mol. The van der Waals surface area contributed by atoms with Crippen LogP contribution in [0.5, 0.6) is 0 Å². The van der Waals surface area contributed by atoms with Gasteiger partial charge in [-0.3, -0.25) is 4.98 Å². The van der Waals surface area contributed by atoms with Crippen molar-refractivity contribution in [3.63, 3.8) is 0 Å². The Hall–Kier alpha value is -2.11. The molecule has 19 heavy (non-hydrogen) atoms. The fourth-order valence-corrected chi connectivity index (χ4v) is 2.36. The summed E-state index contributed by atoms with van der Waals surface area (Å²) >= 11 is 0. The maximum atomic E-state index is 11.9. The van der Waals surface area contributed by atoms with Gasteiger partial charge in [0.1, 0.15) is 5.54 Å². The molecule has 6 nitrogen and oxygen atoms in total. The number of aryl methyl sites for hydroxylation is 1. The number of hydrogen-bond acceptors (Lipinski definition) is 3. The Bertz CT molecular complexity index is 496. The van der Waals surface area contributed by atoms with Crippen LogP contribution >= 0.6 is 0 Å². The average molecular weight is 263 g/mol. The standard InChI is InChI=1S/C13H17N3O3/c1-9-10(5-4-8-14-9)15-12(19)16-13(11(17)18)6-2-3-7-13/h4-5,8H,2-3,6-7H2,1H3,(H,17,18)(H2,15,16,19). The number of anilines is 1. The number of carboxylic acid groups (broad SMARTS) is 1. The Morgan fingerprint density at radius 3 is 2.63 bits per heavy atom. The summed E-state index contributed by atoms with van der Waals surface area (Å²) < 4.78 is 0. The van der Waals surface area contributed by atoms with Crippen LogP contribution in [0.1, 0.15) is 31.4 Å². The van der Waals surface area contributed by atoms with Crippen LogP contribution in [0.15, 0.2) is 18.3 Å². The number of aromatic nitrogens is 1. The van der Waals surface area contributed by atoms with Gasteiger partial charge in [0.05, 0.1) is 11.4 Å². The van der Waals surface area contributed by atoms with E-state index in [0.29, 0.717) is 24.2 Å². The largest absolute Gasteiger partial charge is 0.480 e. The zero-order valence-electron chi connectivity index (χ0n) is 10.8. The minimum Gasteiger partial charge on any atom is -0.480 e. The van der Waals surface area contributed by atoms with Crippen molar-refractivity contribution in [2.24, 2.45) is 0 Å². The molecule has 102 valence electrons. The number of nitrogens with one attached hydrogen (secondary N) is 2. The second-order valence-corrected chi connectivity index (χ2v) is 4.81. The molecule has 0 aromatic carbocycles. The molecule has 0 aliphatic heterocycles. The molecule has 2 amide bonds. The average Bonchev–Trinajstić information content (AvgIpc) is 2.82. The van der Waals surface area contributed by atoms with E-state index in [1.165, 1.54) is 0 Å². The van der Waals surface area contributed by atoms with Crippen LogP contribution in [0, 0.1) is 6.92 Å². The van der Waals surface area contributed by atoms with E-state index in [2.05, 4.69) is 15.6 Å². The molecule has 1 heterocycles. The van der Waals surface area contributed by atoms with Gasteiger partial charge in [0, 0.05) is 6.20 Å². The molecule has 0 bridgehead atoms. The predicted molar refractivity (Wildman–Crippen MR) is 70.0 cm³/mol. The van der Waals surface area contributed by atoms with Crippen molar-refractivity contribution in [1.29, 1.82) is 0 Å². The lowest BCUT2D eigenvalue weighted by Gasteiger charge is -2.25. The summed E-state index contributed by atoms with van der Waals surface area (Å²) in [6, 6.07) is 2.94. The molecule has 1 saturated carbocycles. The third-order valence-electron chi connectivity index (χ3n) is 3.47. The van der Waals surface area contributed by atoms with Crippen molar-refractivity contribution in [2.75, 3.05) is 5.32 Å². The molecule has 3 N–H and O–H groups in total. The van der Waals surface area contributed by atoms with Gasteiger partial charge in [0.2, 0.25) is 0 Å². The Morgan fingerprint density at radius 1 is 1.37 bits per heavy atom. The van der Waals surface area contributed by atoms with Gasteiger partial charge in [-0.2, -0.15) is 0 Å². The molecule has 0 radical (unpaired) electrons. The highest BCUT2D eigenvalue weighted by atomic mass is 16.4. The zero-order chi connectivity index (χ0) is 13.9. The third kappa shape index (κ3) is 2.83. The van der Waals surface area contributed by atoms with Gasteiger partial charge in [0.15, 0.2) is 0 Å². The molecule has 6 heteroatoms. The Morgan fingerprint density at radius 2 is 2.05 bits per heavy atom. The maximum Gasteiger partial charge on any atom is 0.329 e. The summed E-state index contributed by atoms with van der Waals surface area (Å²) in [5.41, 5.74) is 0.146. The lowest BCUT2D eigenvalue weighted by molar-refractivity contribution is -0.144. The van der Waals surface area contributed by atoms with Crippen LogP contribution in [0.4, 0.5) is 10.5 Å². The fraction of sp³-hybridized carbons (Fsp3) is 0.462. The first kappa shape index (κ1) is 13.3. The van der Waals surface area contributed by atoms with Crippen molar-refractivity contribution < 1.29 is 14.7 Å². The molecular formula is C13H17N3O3. The second-order valence-electron chi connectivity index (χ2n) is 4.81. The number of carbonyl (C=O) groups is 2. The first-order valence-electron chi connectivity index (χ1n) is 6.28. The first-order valence-corrected chi connectivity index (χ1v) is 6.28. The van der Waals surface area contributed by atoms with Crippen LogP contribution in [-0.2, 0) is 4.79 Å². The summed E-state index contributed by atoms with van der Waals surface area (Å²) in [4.78, 5) is 27.3. The summed E-state index contributed by atoms with van der Waals surface area (Å²) in [7, 11) is 0. The van der Waals surface area contributed by atoms with Crippen LogP contribution in [0.25, 0.3) is 0 Å². The molecule has 0 unspecified atom stereocenters. The zero-order valence-corrected chi connectivity index (χ0v) is 10.8. The summed E-state index contributed by atoms with van der Waals surface area (Å²) in [5, 5.41) is 14.5. The smallest absolute Gasteiger partial charge is 0.329 e.